The normalized spacial score (nSPS) is 9.82. The lowest BCUT2D eigenvalue weighted by Crippen LogP contribution is -1.78. The van der Waals surface area contributed by atoms with Gasteiger partial charge in [-0.1, -0.05) is 39.5 Å². The summed E-state index contributed by atoms with van der Waals surface area (Å²) in [7, 11) is 0. The molecule has 0 aliphatic carbocycles. The second kappa shape index (κ2) is 9.38. The van der Waals surface area contributed by atoms with E-state index in [9.17, 15) is 0 Å². The summed E-state index contributed by atoms with van der Waals surface area (Å²) in [6.07, 6.45) is 11.5. The second-order valence-electron chi connectivity index (χ2n) is 6.84. The molecule has 0 nitrogen and oxygen atoms in total. The van der Waals surface area contributed by atoms with Crippen molar-refractivity contribution in [2.24, 2.45) is 0 Å². The highest BCUT2D eigenvalue weighted by molar-refractivity contribution is 7.28. The first-order chi connectivity index (χ1) is 16.1. The van der Waals surface area contributed by atoms with Crippen LogP contribution in [0, 0.1) is 0 Å². The molecule has 3 heterocycles. The monoisotopic (exact) mass is 474 g/mol. The van der Waals surface area contributed by atoms with Gasteiger partial charge in [0.15, 0.2) is 0 Å². The predicted octanol–water partition coefficient (Wildman–Crippen LogP) is 10.1. The van der Waals surface area contributed by atoms with Crippen molar-refractivity contribution in [2.75, 3.05) is 0 Å². The van der Waals surface area contributed by atoms with E-state index in [1.807, 2.05) is 36.5 Å². The quantitative estimate of drug-likeness (QED) is 0.244. The molecule has 156 valence electrons. The van der Waals surface area contributed by atoms with Crippen molar-refractivity contribution >= 4 is 101 Å². The van der Waals surface area contributed by atoms with Crippen LogP contribution in [0.4, 0.5) is 0 Å². The van der Waals surface area contributed by atoms with Gasteiger partial charge in [0.2, 0.25) is 0 Å². The van der Waals surface area contributed by atoms with E-state index in [0.29, 0.717) is 0 Å². The van der Waals surface area contributed by atoms with Crippen LogP contribution in [0.3, 0.4) is 0 Å². The number of hydrogen-bond donors (Lipinski definition) is 0. The van der Waals surface area contributed by atoms with E-state index in [2.05, 4.69) is 73.9 Å². The molecule has 33 heavy (non-hydrogen) atoms. The molecule has 0 saturated heterocycles. The van der Waals surface area contributed by atoms with E-state index in [4.69, 9.17) is 0 Å². The fraction of sp³-hybridized carbons (Fsp3) is 0. The van der Waals surface area contributed by atoms with E-state index in [1.165, 1.54) is 14.1 Å². The predicted molar refractivity (Wildman–Crippen MR) is 154 cm³/mol. The van der Waals surface area contributed by atoms with Crippen LogP contribution in [-0.2, 0) is 0 Å². The first-order valence-corrected chi connectivity index (χ1v) is 12.3. The maximum Gasteiger partial charge on any atom is 0.0463 e. The van der Waals surface area contributed by atoms with E-state index in [0.717, 1.165) is 47.5 Å². The summed E-state index contributed by atoms with van der Waals surface area (Å²) in [6, 6.07) is 0. The van der Waals surface area contributed by atoms with Crippen molar-refractivity contribution in [1.82, 2.24) is 0 Å². The van der Waals surface area contributed by atoms with Gasteiger partial charge in [-0.05, 0) is 36.5 Å². The molecule has 0 aliphatic rings. The first kappa shape index (κ1) is 22.4. The Balaban J connectivity index is 2.50. The standard InChI is InChI=1S/C30H18S3/c1-7-13-19-22(16-10-4)31-28-25(19)29-27(20(14-8-2)23(32-29)17-11-5)30-26(28)21(15-9-3)24(33-30)18-12-6/h13-18H,1-6H2. The molecule has 0 saturated carbocycles. The number of benzene rings is 1. The molecule has 3 aromatic heterocycles. The fourth-order valence-electron chi connectivity index (χ4n) is 3.92. The summed E-state index contributed by atoms with van der Waals surface area (Å²) < 4.78 is 3.52. The lowest BCUT2D eigenvalue weighted by atomic mass is 10.00. The average Bonchev–Trinajstić information content (AvgIpc) is 3.43. The zero-order valence-electron chi connectivity index (χ0n) is 17.9. The van der Waals surface area contributed by atoms with Crippen molar-refractivity contribution in [3.63, 3.8) is 0 Å². The van der Waals surface area contributed by atoms with Crippen LogP contribution in [-0.4, -0.2) is 0 Å². The Labute approximate surface area is 205 Å². The lowest BCUT2D eigenvalue weighted by Gasteiger charge is -2.02. The average molecular weight is 475 g/mol. The molecular weight excluding hydrogens is 457 g/mol. The number of rotatable bonds is 6. The minimum atomic E-state index is 1.05. The summed E-state index contributed by atoms with van der Waals surface area (Å²) in [5, 5.41) is 3.45. The molecule has 0 N–H and O–H groups in total. The third-order valence-corrected chi connectivity index (χ3v) is 8.55. The summed E-state index contributed by atoms with van der Waals surface area (Å²) in [6.45, 7) is 22.9. The van der Waals surface area contributed by atoms with Crippen LogP contribution in [0.1, 0.15) is 31.3 Å². The molecule has 0 unspecified atom stereocenters. The largest absolute Gasteiger partial charge is 0.134 e. The minimum Gasteiger partial charge on any atom is -0.134 e. The fourth-order valence-corrected chi connectivity index (χ4v) is 7.90. The van der Waals surface area contributed by atoms with Gasteiger partial charge in [-0.2, -0.15) is 0 Å². The number of thiophene rings is 3. The molecule has 1 aromatic carbocycles. The molecule has 0 spiro atoms. The molecule has 3 heteroatoms. The highest BCUT2D eigenvalue weighted by Crippen LogP contribution is 2.52. The summed E-state index contributed by atoms with van der Waals surface area (Å²) in [5.41, 5.74) is 20.9. The van der Waals surface area contributed by atoms with Crippen molar-refractivity contribution < 1.29 is 0 Å². The third kappa shape index (κ3) is 3.52. The minimum absolute atomic E-state index is 1.05. The van der Waals surface area contributed by atoms with Crippen LogP contribution >= 0.6 is 34.0 Å². The van der Waals surface area contributed by atoms with Crippen molar-refractivity contribution in [3.8, 4) is 0 Å². The van der Waals surface area contributed by atoms with Gasteiger partial charge in [0, 0.05) is 61.6 Å². The molecule has 0 fully saturated rings. The molecule has 0 aliphatic heterocycles. The van der Waals surface area contributed by atoms with Crippen molar-refractivity contribution in [1.29, 1.82) is 0 Å². The van der Waals surface area contributed by atoms with Gasteiger partial charge < -0.3 is 0 Å². The van der Waals surface area contributed by atoms with Crippen LogP contribution < -0.4 is 0 Å². The van der Waals surface area contributed by atoms with Gasteiger partial charge in [0.25, 0.3) is 0 Å². The Kier molecular flexibility index (Phi) is 6.37. The molecule has 0 bridgehead atoms. The van der Waals surface area contributed by atoms with Crippen LogP contribution in [0.25, 0.3) is 66.7 Å². The third-order valence-electron chi connectivity index (χ3n) is 5.04. The highest BCUT2D eigenvalue weighted by Gasteiger charge is 2.24. The Bertz CT molecular complexity index is 1530. The lowest BCUT2D eigenvalue weighted by molar-refractivity contribution is 1.90. The van der Waals surface area contributed by atoms with Gasteiger partial charge >= 0.3 is 0 Å². The Morgan fingerprint density at radius 1 is 0.394 bits per heavy atom. The summed E-state index contributed by atoms with van der Waals surface area (Å²) in [4.78, 5) is 3.17. The van der Waals surface area contributed by atoms with Gasteiger partial charge in [0.05, 0.1) is 0 Å². The maximum atomic E-state index is 3.83. The zero-order chi connectivity index (χ0) is 23.5. The van der Waals surface area contributed by atoms with Gasteiger partial charge in [-0.25, -0.2) is 0 Å². The Hall–Kier alpha value is -3.78. The first-order valence-electron chi connectivity index (χ1n) is 9.81. The van der Waals surface area contributed by atoms with Crippen LogP contribution in [0.5, 0.6) is 0 Å². The summed E-state index contributed by atoms with van der Waals surface area (Å²) in [5.74, 6) is 0. The molecule has 0 amide bonds. The second-order valence-corrected chi connectivity index (χ2v) is 10.00. The molecular formula is C30H18S3. The molecule has 4 rings (SSSR count). The van der Waals surface area contributed by atoms with E-state index >= 15 is 0 Å². The van der Waals surface area contributed by atoms with Crippen molar-refractivity contribution in [2.45, 2.75) is 0 Å². The van der Waals surface area contributed by atoms with Crippen molar-refractivity contribution in [3.05, 3.63) is 105 Å². The topological polar surface area (TPSA) is 0 Å². The summed E-state index contributed by atoms with van der Waals surface area (Å²) >= 11 is 5.12. The number of hydrogen-bond acceptors (Lipinski definition) is 3. The zero-order valence-corrected chi connectivity index (χ0v) is 20.4. The van der Waals surface area contributed by atoms with E-state index < -0.39 is 0 Å². The molecule has 0 radical (unpaired) electrons. The van der Waals surface area contributed by atoms with Gasteiger partial charge in [-0.3, -0.25) is 0 Å². The Morgan fingerprint density at radius 3 is 0.848 bits per heavy atom. The molecule has 0 atom stereocenters. The van der Waals surface area contributed by atoms with E-state index in [1.54, 1.807) is 34.0 Å². The van der Waals surface area contributed by atoms with Crippen LogP contribution in [0.15, 0.2) is 73.9 Å². The van der Waals surface area contributed by atoms with Crippen LogP contribution in [0.2, 0.25) is 0 Å². The number of fused-ring (bicyclic) bond motifs is 6. The SMILES string of the molecule is C=C=Cc1sc2c(c1C=C=C)c1sc(C=C=C)c(C=C=C)c1c1sc(C=C=C)c(C=C=C)c21. The van der Waals surface area contributed by atoms with Gasteiger partial charge in [-0.15, -0.1) is 68.4 Å². The molecule has 4 aromatic rings. The maximum absolute atomic E-state index is 3.83. The smallest absolute Gasteiger partial charge is 0.0463 e. The van der Waals surface area contributed by atoms with Gasteiger partial charge in [0.1, 0.15) is 0 Å². The van der Waals surface area contributed by atoms with E-state index in [-0.39, 0.29) is 0 Å². The highest BCUT2D eigenvalue weighted by atomic mass is 32.1. The Morgan fingerprint density at radius 2 is 0.636 bits per heavy atom.